The Labute approximate surface area is 113 Å². The molecule has 0 bridgehead atoms. The standard InChI is InChI=1S/C8H8ClNO7S2/c9-7-2-1-6(10(11)12)5-8(7)18(13,14)3-4-19(15,16)17/h1-2,5H,3-4H2,(H,15,16,17). The number of sulfone groups is 1. The first-order chi connectivity index (χ1) is 8.53. The van der Waals surface area contributed by atoms with Gasteiger partial charge in [-0.25, -0.2) is 8.42 Å². The summed E-state index contributed by atoms with van der Waals surface area (Å²) in [4.78, 5) is 9.18. The summed E-state index contributed by atoms with van der Waals surface area (Å²) >= 11 is 5.62. The molecule has 1 aromatic carbocycles. The Morgan fingerprint density at radius 2 is 1.79 bits per heavy atom. The van der Waals surface area contributed by atoms with Gasteiger partial charge in [0.1, 0.15) is 0 Å². The minimum Gasteiger partial charge on any atom is -0.286 e. The van der Waals surface area contributed by atoms with Gasteiger partial charge >= 0.3 is 0 Å². The monoisotopic (exact) mass is 329 g/mol. The fraction of sp³-hybridized carbons (Fsp3) is 0.250. The Kier molecular flexibility index (Phi) is 4.50. The summed E-state index contributed by atoms with van der Waals surface area (Å²) in [5, 5.41) is 10.3. The molecule has 0 unspecified atom stereocenters. The fourth-order valence-electron chi connectivity index (χ4n) is 1.17. The third-order valence-corrected chi connectivity index (χ3v) is 5.24. The summed E-state index contributed by atoms with van der Waals surface area (Å²) in [5.41, 5.74) is -0.491. The lowest BCUT2D eigenvalue weighted by atomic mass is 10.3. The summed E-state index contributed by atoms with van der Waals surface area (Å²) < 4.78 is 53.1. The highest BCUT2D eigenvalue weighted by atomic mass is 35.5. The number of nitro groups is 1. The molecule has 0 radical (unpaired) electrons. The van der Waals surface area contributed by atoms with Crippen LogP contribution in [0.1, 0.15) is 0 Å². The number of halogens is 1. The van der Waals surface area contributed by atoms with Crippen molar-refractivity contribution in [3.63, 3.8) is 0 Å². The van der Waals surface area contributed by atoms with Gasteiger partial charge in [0.15, 0.2) is 9.84 Å². The average molecular weight is 330 g/mol. The van der Waals surface area contributed by atoms with Gasteiger partial charge in [0.2, 0.25) is 0 Å². The second-order valence-electron chi connectivity index (χ2n) is 3.48. The molecule has 11 heteroatoms. The van der Waals surface area contributed by atoms with E-state index in [1.54, 1.807) is 0 Å². The highest BCUT2D eigenvalue weighted by Crippen LogP contribution is 2.27. The molecule has 0 saturated heterocycles. The predicted molar refractivity (Wildman–Crippen MR) is 66.6 cm³/mol. The van der Waals surface area contributed by atoms with Gasteiger partial charge in [-0.3, -0.25) is 14.7 Å². The van der Waals surface area contributed by atoms with Gasteiger partial charge in [-0.15, -0.1) is 0 Å². The zero-order valence-corrected chi connectivity index (χ0v) is 11.6. The Hall–Kier alpha value is -1.23. The van der Waals surface area contributed by atoms with Crippen molar-refractivity contribution < 1.29 is 26.3 Å². The molecule has 0 aliphatic carbocycles. The molecule has 19 heavy (non-hydrogen) atoms. The van der Waals surface area contributed by atoms with Crippen LogP contribution in [0.25, 0.3) is 0 Å². The molecular formula is C8H8ClNO7S2. The van der Waals surface area contributed by atoms with Crippen molar-refractivity contribution in [3.05, 3.63) is 33.3 Å². The van der Waals surface area contributed by atoms with Crippen LogP contribution in [0.5, 0.6) is 0 Å². The van der Waals surface area contributed by atoms with Gasteiger partial charge in [0.25, 0.3) is 15.8 Å². The minimum absolute atomic E-state index is 0.263. The molecule has 8 nitrogen and oxygen atoms in total. The van der Waals surface area contributed by atoms with Crippen LogP contribution in [0, 0.1) is 10.1 Å². The Morgan fingerprint density at radius 3 is 2.26 bits per heavy atom. The molecule has 0 aliphatic heterocycles. The summed E-state index contributed by atoms with van der Waals surface area (Å²) in [6.07, 6.45) is 0. The second kappa shape index (κ2) is 5.41. The third-order valence-electron chi connectivity index (χ3n) is 2.07. The molecule has 0 aromatic heterocycles. The van der Waals surface area contributed by atoms with Crippen LogP contribution in [-0.2, 0) is 20.0 Å². The number of hydrogen-bond acceptors (Lipinski definition) is 6. The van der Waals surface area contributed by atoms with E-state index in [1.165, 1.54) is 0 Å². The Morgan fingerprint density at radius 1 is 1.21 bits per heavy atom. The van der Waals surface area contributed by atoms with Gasteiger partial charge < -0.3 is 0 Å². The van der Waals surface area contributed by atoms with Crippen LogP contribution in [0.2, 0.25) is 5.02 Å². The van der Waals surface area contributed by atoms with Gasteiger partial charge in [-0.05, 0) is 6.07 Å². The molecule has 106 valence electrons. The number of nitrogens with zero attached hydrogens (tertiary/aromatic N) is 1. The zero-order chi connectivity index (χ0) is 14.8. The number of nitro benzene ring substituents is 1. The first kappa shape index (κ1) is 15.8. The maximum Gasteiger partial charge on any atom is 0.270 e. The fourth-order valence-corrected chi connectivity index (χ4v) is 4.24. The van der Waals surface area contributed by atoms with Crippen LogP contribution in [-0.4, -0.2) is 37.8 Å². The molecule has 0 spiro atoms. The lowest BCUT2D eigenvalue weighted by Crippen LogP contribution is -2.17. The molecule has 1 N–H and O–H groups in total. The number of non-ortho nitro benzene ring substituents is 1. The van der Waals surface area contributed by atoms with Gasteiger partial charge in [-0.1, -0.05) is 11.6 Å². The van der Waals surface area contributed by atoms with Crippen molar-refractivity contribution in [2.45, 2.75) is 4.90 Å². The van der Waals surface area contributed by atoms with Crippen LogP contribution in [0.3, 0.4) is 0 Å². The van der Waals surface area contributed by atoms with Crippen molar-refractivity contribution in [1.82, 2.24) is 0 Å². The van der Waals surface area contributed by atoms with Crippen molar-refractivity contribution >= 4 is 37.2 Å². The molecule has 1 rings (SSSR count). The van der Waals surface area contributed by atoms with Crippen LogP contribution in [0.15, 0.2) is 23.1 Å². The lowest BCUT2D eigenvalue weighted by Gasteiger charge is -2.05. The van der Waals surface area contributed by atoms with Crippen molar-refractivity contribution in [3.8, 4) is 0 Å². The minimum atomic E-state index is -4.46. The summed E-state index contributed by atoms with van der Waals surface area (Å²) in [6.45, 7) is 0. The average Bonchev–Trinajstić information content (AvgIpc) is 2.25. The topological polar surface area (TPSA) is 132 Å². The highest BCUT2D eigenvalue weighted by molar-refractivity contribution is 7.93. The largest absolute Gasteiger partial charge is 0.286 e. The van der Waals surface area contributed by atoms with E-state index in [0.717, 1.165) is 18.2 Å². The molecular weight excluding hydrogens is 322 g/mol. The molecule has 0 amide bonds. The summed E-state index contributed by atoms with van der Waals surface area (Å²) in [5.74, 6) is -1.94. The normalized spacial score (nSPS) is 12.3. The molecule has 0 saturated carbocycles. The molecule has 1 aromatic rings. The molecule has 0 aliphatic rings. The van der Waals surface area contributed by atoms with Gasteiger partial charge in [0.05, 0.1) is 26.3 Å². The van der Waals surface area contributed by atoms with Crippen molar-refractivity contribution in [2.75, 3.05) is 11.5 Å². The van der Waals surface area contributed by atoms with E-state index in [4.69, 9.17) is 16.2 Å². The van der Waals surface area contributed by atoms with E-state index in [1.807, 2.05) is 0 Å². The summed E-state index contributed by atoms with van der Waals surface area (Å²) in [6, 6.07) is 2.78. The van der Waals surface area contributed by atoms with Gasteiger partial charge in [0, 0.05) is 12.1 Å². The van der Waals surface area contributed by atoms with Gasteiger partial charge in [-0.2, -0.15) is 8.42 Å². The maximum atomic E-state index is 11.8. The van der Waals surface area contributed by atoms with E-state index in [9.17, 15) is 26.9 Å². The van der Waals surface area contributed by atoms with E-state index in [0.29, 0.717) is 0 Å². The van der Waals surface area contributed by atoms with Crippen molar-refractivity contribution in [2.24, 2.45) is 0 Å². The SMILES string of the molecule is O=[N+]([O-])c1ccc(Cl)c(S(=O)(=O)CCS(=O)(=O)O)c1. The number of rotatable bonds is 5. The molecule has 0 fully saturated rings. The van der Waals surface area contributed by atoms with E-state index in [2.05, 4.69) is 0 Å². The first-order valence-electron chi connectivity index (χ1n) is 4.65. The quantitative estimate of drug-likeness (QED) is 0.482. The van der Waals surface area contributed by atoms with E-state index in [-0.39, 0.29) is 5.02 Å². The van der Waals surface area contributed by atoms with Crippen LogP contribution >= 0.6 is 11.6 Å². The first-order valence-corrected chi connectivity index (χ1v) is 8.29. The van der Waals surface area contributed by atoms with Crippen molar-refractivity contribution in [1.29, 1.82) is 0 Å². The molecule has 0 atom stereocenters. The lowest BCUT2D eigenvalue weighted by molar-refractivity contribution is -0.385. The van der Waals surface area contributed by atoms with E-state index < -0.39 is 47.0 Å². The summed E-state index contributed by atoms with van der Waals surface area (Å²) in [7, 11) is -8.62. The van der Waals surface area contributed by atoms with Crippen LogP contribution < -0.4 is 0 Å². The smallest absolute Gasteiger partial charge is 0.270 e. The third kappa shape index (κ3) is 4.42. The van der Waals surface area contributed by atoms with Crippen LogP contribution in [0.4, 0.5) is 5.69 Å². The Bertz CT molecular complexity index is 711. The maximum absolute atomic E-state index is 11.8. The predicted octanol–water partition coefficient (Wildman–Crippen LogP) is 0.910. The number of hydrogen-bond donors (Lipinski definition) is 1. The Balaban J connectivity index is 3.21. The highest BCUT2D eigenvalue weighted by Gasteiger charge is 2.23. The molecule has 0 heterocycles. The van der Waals surface area contributed by atoms with E-state index >= 15 is 0 Å². The zero-order valence-electron chi connectivity index (χ0n) is 9.18. The number of benzene rings is 1. The second-order valence-corrected chi connectivity index (χ2v) is 7.53.